The predicted molar refractivity (Wildman–Crippen MR) is 86.1 cm³/mol. The zero-order chi connectivity index (χ0) is 15.2. The molecule has 1 aromatic heterocycles. The summed E-state index contributed by atoms with van der Waals surface area (Å²) in [5.41, 5.74) is 1.63. The molecule has 2 rings (SSSR count). The van der Waals surface area contributed by atoms with E-state index in [1.54, 1.807) is 24.3 Å². The van der Waals surface area contributed by atoms with Crippen molar-refractivity contribution in [2.24, 2.45) is 0 Å². The highest BCUT2D eigenvalue weighted by molar-refractivity contribution is 7.12. The van der Waals surface area contributed by atoms with E-state index < -0.39 is 0 Å². The van der Waals surface area contributed by atoms with Gasteiger partial charge < -0.3 is 10.6 Å². The van der Waals surface area contributed by atoms with Crippen molar-refractivity contribution in [2.75, 3.05) is 11.9 Å². The Morgan fingerprint density at radius 2 is 2.10 bits per heavy atom. The van der Waals surface area contributed by atoms with Crippen LogP contribution in [0.5, 0.6) is 0 Å². The third-order valence-corrected chi connectivity index (χ3v) is 3.95. The van der Waals surface area contributed by atoms with E-state index in [0.717, 1.165) is 11.3 Å². The van der Waals surface area contributed by atoms with Gasteiger partial charge in [-0.15, -0.1) is 11.3 Å². The smallest absolute Gasteiger partial charge is 0.261 e. The highest BCUT2D eigenvalue weighted by Crippen LogP contribution is 2.19. The summed E-state index contributed by atoms with van der Waals surface area (Å²) >= 11 is 7.23. The Labute approximate surface area is 132 Å². The fraction of sp³-hybridized carbons (Fsp3) is 0.200. The molecule has 0 bridgehead atoms. The zero-order valence-corrected chi connectivity index (χ0v) is 13.1. The quantitative estimate of drug-likeness (QED) is 0.885. The Hall–Kier alpha value is -1.85. The van der Waals surface area contributed by atoms with Gasteiger partial charge in [-0.3, -0.25) is 9.59 Å². The molecule has 0 spiro atoms. The van der Waals surface area contributed by atoms with Gasteiger partial charge >= 0.3 is 0 Å². The Morgan fingerprint density at radius 3 is 2.76 bits per heavy atom. The molecule has 1 aromatic carbocycles. The van der Waals surface area contributed by atoms with Gasteiger partial charge in [0.05, 0.1) is 4.88 Å². The molecular weight excluding hydrogens is 308 g/mol. The Kier molecular flexibility index (Phi) is 5.36. The van der Waals surface area contributed by atoms with Crippen LogP contribution in [0.2, 0.25) is 5.02 Å². The topological polar surface area (TPSA) is 58.2 Å². The SMILES string of the molecule is Cc1cc(Cl)ccc1NC(=O)CCNC(=O)c1cccs1. The number of anilines is 1. The van der Waals surface area contributed by atoms with Crippen LogP contribution in [0.25, 0.3) is 0 Å². The molecule has 0 saturated heterocycles. The lowest BCUT2D eigenvalue weighted by Gasteiger charge is -2.09. The van der Waals surface area contributed by atoms with Gasteiger partial charge in [0.2, 0.25) is 5.91 Å². The van der Waals surface area contributed by atoms with Crippen LogP contribution in [-0.4, -0.2) is 18.4 Å². The van der Waals surface area contributed by atoms with Gasteiger partial charge in [0.1, 0.15) is 0 Å². The Morgan fingerprint density at radius 1 is 1.29 bits per heavy atom. The molecule has 110 valence electrons. The number of aryl methyl sites for hydroxylation is 1. The van der Waals surface area contributed by atoms with Crippen LogP contribution in [0.4, 0.5) is 5.69 Å². The number of carbonyl (C=O) groups is 2. The molecule has 0 radical (unpaired) electrons. The van der Waals surface area contributed by atoms with Gasteiger partial charge in [0, 0.05) is 23.7 Å². The van der Waals surface area contributed by atoms with Crippen LogP contribution in [0.3, 0.4) is 0 Å². The summed E-state index contributed by atoms with van der Waals surface area (Å²) in [7, 11) is 0. The third-order valence-electron chi connectivity index (χ3n) is 2.85. The van der Waals surface area contributed by atoms with Crippen molar-refractivity contribution >= 4 is 40.4 Å². The third kappa shape index (κ3) is 4.58. The number of halogens is 1. The molecule has 0 unspecified atom stereocenters. The van der Waals surface area contributed by atoms with Crippen molar-refractivity contribution in [3.63, 3.8) is 0 Å². The maximum Gasteiger partial charge on any atom is 0.261 e. The van der Waals surface area contributed by atoms with Crippen LogP contribution in [0, 0.1) is 6.92 Å². The van der Waals surface area contributed by atoms with E-state index in [4.69, 9.17) is 11.6 Å². The largest absolute Gasteiger partial charge is 0.351 e. The molecule has 0 aliphatic heterocycles. The number of thiophene rings is 1. The maximum atomic E-state index is 11.8. The van der Waals surface area contributed by atoms with Crippen LogP contribution in [-0.2, 0) is 4.79 Å². The van der Waals surface area contributed by atoms with Gasteiger partial charge in [-0.2, -0.15) is 0 Å². The molecular formula is C15H15ClN2O2S. The first kappa shape index (κ1) is 15.5. The monoisotopic (exact) mass is 322 g/mol. The van der Waals surface area contributed by atoms with E-state index in [-0.39, 0.29) is 18.2 Å². The standard InChI is InChI=1S/C15H15ClN2O2S/c1-10-9-11(16)4-5-12(10)18-14(19)6-7-17-15(20)13-3-2-8-21-13/h2-5,8-9H,6-7H2,1H3,(H,17,20)(H,18,19). The first-order valence-electron chi connectivity index (χ1n) is 6.44. The summed E-state index contributed by atoms with van der Waals surface area (Å²) in [6, 6.07) is 8.84. The first-order valence-corrected chi connectivity index (χ1v) is 7.70. The summed E-state index contributed by atoms with van der Waals surface area (Å²) in [5.74, 6) is -0.299. The van der Waals surface area contributed by atoms with Gasteiger partial charge in [-0.1, -0.05) is 17.7 Å². The summed E-state index contributed by atoms with van der Waals surface area (Å²) in [4.78, 5) is 24.2. The van der Waals surface area contributed by atoms with Crippen molar-refractivity contribution in [3.8, 4) is 0 Å². The van der Waals surface area contributed by atoms with Crippen LogP contribution in [0.15, 0.2) is 35.7 Å². The number of nitrogens with one attached hydrogen (secondary N) is 2. The van der Waals surface area contributed by atoms with Crippen LogP contribution < -0.4 is 10.6 Å². The maximum absolute atomic E-state index is 11.8. The second-order valence-electron chi connectivity index (χ2n) is 4.49. The molecule has 0 atom stereocenters. The van der Waals surface area contributed by atoms with Crippen LogP contribution in [0.1, 0.15) is 21.7 Å². The van der Waals surface area contributed by atoms with Crippen molar-refractivity contribution in [3.05, 3.63) is 51.2 Å². The van der Waals surface area contributed by atoms with Gasteiger partial charge in [0.15, 0.2) is 0 Å². The number of rotatable bonds is 5. The molecule has 2 N–H and O–H groups in total. The Bertz CT molecular complexity index is 641. The molecule has 4 nitrogen and oxygen atoms in total. The number of hydrogen-bond donors (Lipinski definition) is 2. The van der Waals surface area contributed by atoms with E-state index in [1.807, 2.05) is 18.4 Å². The fourth-order valence-corrected chi connectivity index (χ4v) is 2.63. The highest BCUT2D eigenvalue weighted by Gasteiger charge is 2.08. The van der Waals surface area contributed by atoms with Crippen molar-refractivity contribution in [1.82, 2.24) is 5.32 Å². The molecule has 0 saturated carbocycles. The van der Waals surface area contributed by atoms with E-state index in [1.165, 1.54) is 11.3 Å². The summed E-state index contributed by atoms with van der Waals surface area (Å²) in [5, 5.41) is 7.99. The van der Waals surface area contributed by atoms with E-state index in [9.17, 15) is 9.59 Å². The number of carbonyl (C=O) groups excluding carboxylic acids is 2. The van der Waals surface area contributed by atoms with Crippen molar-refractivity contribution in [2.45, 2.75) is 13.3 Å². The number of amides is 2. The van der Waals surface area contributed by atoms with Crippen molar-refractivity contribution in [1.29, 1.82) is 0 Å². The van der Waals surface area contributed by atoms with Crippen LogP contribution >= 0.6 is 22.9 Å². The van der Waals surface area contributed by atoms with E-state index in [0.29, 0.717) is 16.4 Å². The second kappa shape index (κ2) is 7.24. The fourth-order valence-electron chi connectivity index (χ4n) is 1.76. The lowest BCUT2D eigenvalue weighted by Crippen LogP contribution is -2.27. The molecule has 0 aliphatic carbocycles. The van der Waals surface area contributed by atoms with E-state index >= 15 is 0 Å². The van der Waals surface area contributed by atoms with E-state index in [2.05, 4.69) is 10.6 Å². The zero-order valence-electron chi connectivity index (χ0n) is 11.5. The molecule has 2 amide bonds. The van der Waals surface area contributed by atoms with Crippen molar-refractivity contribution < 1.29 is 9.59 Å². The minimum absolute atomic E-state index is 0.146. The van der Waals surface area contributed by atoms with Gasteiger partial charge in [-0.05, 0) is 42.1 Å². The predicted octanol–water partition coefficient (Wildman–Crippen LogP) is 3.47. The molecule has 0 fully saturated rings. The van der Waals surface area contributed by atoms with Gasteiger partial charge in [0.25, 0.3) is 5.91 Å². The summed E-state index contributed by atoms with van der Waals surface area (Å²) in [6.07, 6.45) is 0.221. The van der Waals surface area contributed by atoms with Gasteiger partial charge in [-0.25, -0.2) is 0 Å². The summed E-state index contributed by atoms with van der Waals surface area (Å²) in [6.45, 7) is 2.18. The molecule has 2 aromatic rings. The molecule has 6 heteroatoms. The average Bonchev–Trinajstić information content (AvgIpc) is 2.96. The average molecular weight is 323 g/mol. The highest BCUT2D eigenvalue weighted by atomic mass is 35.5. The molecule has 0 aliphatic rings. The normalized spacial score (nSPS) is 10.2. The Balaban J connectivity index is 1.78. The summed E-state index contributed by atoms with van der Waals surface area (Å²) < 4.78 is 0. The minimum atomic E-state index is -0.152. The molecule has 21 heavy (non-hydrogen) atoms. The number of hydrogen-bond acceptors (Lipinski definition) is 3. The molecule has 1 heterocycles. The first-order chi connectivity index (χ1) is 10.1. The second-order valence-corrected chi connectivity index (χ2v) is 5.87. The number of benzene rings is 1. The lowest BCUT2D eigenvalue weighted by molar-refractivity contribution is -0.116. The lowest BCUT2D eigenvalue weighted by atomic mass is 10.2. The minimum Gasteiger partial charge on any atom is -0.351 e.